The van der Waals surface area contributed by atoms with Gasteiger partial charge >= 0.3 is 0 Å². The Hall–Kier alpha value is -0.0400. The van der Waals surface area contributed by atoms with Gasteiger partial charge < -0.3 is 0 Å². The summed E-state index contributed by atoms with van der Waals surface area (Å²) < 4.78 is 0. The van der Waals surface area contributed by atoms with E-state index >= 15 is 0 Å². The minimum absolute atomic E-state index is 0.410. The maximum Gasteiger partial charge on any atom is 0.0353 e. The first-order valence-corrected chi connectivity index (χ1v) is 5.94. The van der Waals surface area contributed by atoms with E-state index in [2.05, 4.69) is 12.2 Å². The van der Waals surface area contributed by atoms with Crippen LogP contribution in [0.4, 0.5) is 0 Å². The van der Waals surface area contributed by atoms with Crippen molar-refractivity contribution in [2.24, 2.45) is 0 Å². The van der Waals surface area contributed by atoms with E-state index in [0.29, 0.717) is 5.54 Å². The Bertz CT molecular complexity index is 125. The molecule has 0 aromatic rings. The van der Waals surface area contributed by atoms with Gasteiger partial charge in [0.25, 0.3) is 0 Å². The Morgan fingerprint density at radius 2 is 1.77 bits per heavy atom. The first-order chi connectivity index (χ1) is 6.33. The molecular weight excluding hydrogens is 158 g/mol. The summed E-state index contributed by atoms with van der Waals surface area (Å²) in [6.45, 7) is 2.27. The molecule has 77 valence electrons. The molecule has 0 bridgehead atoms. The zero-order chi connectivity index (χ0) is 9.57. The average Bonchev–Trinajstić information content (AvgIpc) is 2.62. The normalized spacial score (nSPS) is 20.8. The van der Waals surface area contributed by atoms with Gasteiger partial charge in [-0.15, -0.1) is 0 Å². The third-order valence-corrected chi connectivity index (χ3v) is 3.50. The highest BCUT2D eigenvalue weighted by molar-refractivity contribution is 4.90. The van der Waals surface area contributed by atoms with E-state index in [4.69, 9.17) is 0 Å². The van der Waals surface area contributed by atoms with Gasteiger partial charge in [0.15, 0.2) is 0 Å². The van der Waals surface area contributed by atoms with Crippen LogP contribution in [-0.4, -0.2) is 12.6 Å². The molecule has 0 aliphatic heterocycles. The second kappa shape index (κ2) is 5.64. The van der Waals surface area contributed by atoms with Crippen molar-refractivity contribution in [3.8, 4) is 0 Å². The van der Waals surface area contributed by atoms with Crippen LogP contribution < -0.4 is 5.32 Å². The molecule has 0 saturated heterocycles. The molecule has 1 heteroatoms. The smallest absolute Gasteiger partial charge is 0.0353 e. The highest BCUT2D eigenvalue weighted by Gasteiger charge is 2.32. The van der Waals surface area contributed by atoms with Gasteiger partial charge in [0.1, 0.15) is 0 Å². The maximum absolute atomic E-state index is 4.62. The lowest BCUT2D eigenvalue weighted by molar-refractivity contribution is 0.313. The van der Waals surface area contributed by atoms with Gasteiger partial charge in [-0.1, -0.05) is 45.4 Å². The fourth-order valence-corrected chi connectivity index (χ4v) is 2.50. The molecule has 0 aromatic carbocycles. The molecule has 1 aliphatic carbocycles. The second-order valence-corrected chi connectivity index (χ2v) is 4.47. The monoisotopic (exact) mass is 182 g/mol. The summed E-state index contributed by atoms with van der Waals surface area (Å²) in [5.74, 6) is 0. The van der Waals surface area contributed by atoms with Crippen molar-refractivity contribution in [2.75, 3.05) is 7.05 Å². The summed E-state index contributed by atoms with van der Waals surface area (Å²) in [5.41, 5.74) is 0.410. The first-order valence-electron chi connectivity index (χ1n) is 5.94. The van der Waals surface area contributed by atoms with Crippen LogP contribution in [0.1, 0.15) is 64.7 Å². The van der Waals surface area contributed by atoms with Crippen LogP contribution >= 0.6 is 0 Å². The summed E-state index contributed by atoms with van der Waals surface area (Å²) >= 11 is 0. The number of hydrogen-bond acceptors (Lipinski definition) is 0. The third kappa shape index (κ3) is 3.30. The molecule has 1 saturated carbocycles. The summed E-state index contributed by atoms with van der Waals surface area (Å²) in [4.78, 5) is 0. The molecule has 1 fully saturated rings. The molecule has 0 N–H and O–H groups in total. The molecule has 13 heavy (non-hydrogen) atoms. The molecule has 1 radical (unpaired) electrons. The summed E-state index contributed by atoms with van der Waals surface area (Å²) in [7, 11) is 2.02. The van der Waals surface area contributed by atoms with E-state index in [0.717, 1.165) is 0 Å². The van der Waals surface area contributed by atoms with Gasteiger partial charge in [0.05, 0.1) is 0 Å². The van der Waals surface area contributed by atoms with Crippen LogP contribution in [-0.2, 0) is 0 Å². The van der Waals surface area contributed by atoms with Crippen molar-refractivity contribution in [1.82, 2.24) is 5.32 Å². The van der Waals surface area contributed by atoms with Gasteiger partial charge in [-0.3, -0.25) is 0 Å². The number of hydrogen-bond donors (Lipinski definition) is 0. The minimum Gasteiger partial charge on any atom is -0.238 e. The maximum atomic E-state index is 4.62. The van der Waals surface area contributed by atoms with Crippen LogP contribution in [0.3, 0.4) is 0 Å². The van der Waals surface area contributed by atoms with Crippen molar-refractivity contribution in [3.63, 3.8) is 0 Å². The zero-order valence-electron chi connectivity index (χ0n) is 9.31. The van der Waals surface area contributed by atoms with E-state index < -0.39 is 0 Å². The molecule has 1 aliphatic rings. The highest BCUT2D eigenvalue weighted by atomic mass is 14.9. The Morgan fingerprint density at radius 3 is 2.31 bits per heavy atom. The van der Waals surface area contributed by atoms with E-state index in [1.165, 1.54) is 57.8 Å². The molecule has 1 rings (SSSR count). The van der Waals surface area contributed by atoms with Crippen molar-refractivity contribution in [3.05, 3.63) is 0 Å². The topological polar surface area (TPSA) is 14.1 Å². The lowest BCUT2D eigenvalue weighted by Crippen LogP contribution is -2.34. The molecular formula is C12H24N. The van der Waals surface area contributed by atoms with E-state index in [1.807, 2.05) is 7.05 Å². The van der Waals surface area contributed by atoms with E-state index in [-0.39, 0.29) is 0 Å². The summed E-state index contributed by atoms with van der Waals surface area (Å²) in [6.07, 6.45) is 12.4. The van der Waals surface area contributed by atoms with Gasteiger partial charge in [-0.25, -0.2) is 5.32 Å². The fourth-order valence-electron chi connectivity index (χ4n) is 2.50. The van der Waals surface area contributed by atoms with Crippen molar-refractivity contribution in [1.29, 1.82) is 0 Å². The Labute approximate surface area is 83.3 Å². The van der Waals surface area contributed by atoms with Crippen molar-refractivity contribution < 1.29 is 0 Å². The van der Waals surface area contributed by atoms with Crippen LogP contribution in [0.2, 0.25) is 0 Å². The van der Waals surface area contributed by atoms with Crippen LogP contribution in [0.15, 0.2) is 0 Å². The molecule has 0 aromatic heterocycles. The van der Waals surface area contributed by atoms with Crippen LogP contribution in [0.25, 0.3) is 0 Å². The first kappa shape index (κ1) is 11.0. The summed E-state index contributed by atoms with van der Waals surface area (Å²) in [6, 6.07) is 0. The lowest BCUT2D eigenvalue weighted by atomic mass is 9.90. The molecule has 1 nitrogen and oxygen atoms in total. The van der Waals surface area contributed by atoms with E-state index in [1.54, 1.807) is 0 Å². The van der Waals surface area contributed by atoms with Crippen LogP contribution in [0, 0.1) is 0 Å². The second-order valence-electron chi connectivity index (χ2n) is 4.47. The lowest BCUT2D eigenvalue weighted by Gasteiger charge is -2.26. The van der Waals surface area contributed by atoms with E-state index in [9.17, 15) is 0 Å². The average molecular weight is 182 g/mol. The van der Waals surface area contributed by atoms with Crippen LogP contribution in [0.5, 0.6) is 0 Å². The van der Waals surface area contributed by atoms with Gasteiger partial charge in [0.2, 0.25) is 0 Å². The van der Waals surface area contributed by atoms with Crippen molar-refractivity contribution >= 4 is 0 Å². The predicted octanol–water partition coefficient (Wildman–Crippen LogP) is 3.50. The largest absolute Gasteiger partial charge is 0.238 e. The number of rotatable bonds is 6. The van der Waals surface area contributed by atoms with Gasteiger partial charge in [0, 0.05) is 12.6 Å². The molecule has 0 amide bonds. The quantitative estimate of drug-likeness (QED) is 0.558. The Kier molecular flexibility index (Phi) is 4.79. The predicted molar refractivity (Wildman–Crippen MR) is 58.0 cm³/mol. The summed E-state index contributed by atoms with van der Waals surface area (Å²) in [5, 5.41) is 4.62. The standard InChI is InChI=1S/C12H24N/c1-3-4-5-6-9-12(13-2)10-7-8-11-12/h3-11H2,1-2H3. The zero-order valence-corrected chi connectivity index (χ0v) is 9.31. The molecule has 0 spiro atoms. The Balaban J connectivity index is 2.16. The SMILES string of the molecule is CCCCCCC1([N]C)CCCC1. The van der Waals surface area contributed by atoms with Crippen molar-refractivity contribution in [2.45, 2.75) is 70.3 Å². The Morgan fingerprint density at radius 1 is 1.08 bits per heavy atom. The number of unbranched alkanes of at least 4 members (excludes halogenated alkanes) is 3. The fraction of sp³-hybridized carbons (Fsp3) is 1.00. The molecule has 0 atom stereocenters. The molecule has 0 unspecified atom stereocenters. The third-order valence-electron chi connectivity index (χ3n) is 3.50. The van der Waals surface area contributed by atoms with Gasteiger partial charge in [-0.2, -0.15) is 0 Å². The number of nitrogens with zero attached hydrogens (tertiary/aromatic N) is 1. The molecule has 0 heterocycles. The highest BCUT2D eigenvalue weighted by Crippen LogP contribution is 2.34. The minimum atomic E-state index is 0.410. The van der Waals surface area contributed by atoms with Gasteiger partial charge in [-0.05, 0) is 19.3 Å².